The Kier molecular flexibility index (Phi) is 4.37. The first-order chi connectivity index (χ1) is 5.48. The van der Waals surface area contributed by atoms with Crippen molar-refractivity contribution in [2.45, 2.75) is 38.3 Å². The zero-order chi connectivity index (χ0) is 9.78. The van der Waals surface area contributed by atoms with Crippen molar-refractivity contribution in [1.82, 2.24) is 0 Å². The second kappa shape index (κ2) is 4.54. The predicted molar refractivity (Wildman–Crippen MR) is 45.6 cm³/mol. The molecule has 12 heavy (non-hydrogen) atoms. The molecular formula is C8H17NO3. The van der Waals surface area contributed by atoms with Gasteiger partial charge in [-0.3, -0.25) is 4.79 Å². The van der Waals surface area contributed by atoms with Gasteiger partial charge in [-0.25, -0.2) is 0 Å². The fourth-order valence-electron chi connectivity index (χ4n) is 1.17. The number of hydrogen-bond donors (Lipinski definition) is 3. The van der Waals surface area contributed by atoms with Gasteiger partial charge in [0.1, 0.15) is 6.10 Å². The SMILES string of the molecule is CCC[C@@](N)(CO)[C@@H](O)C(C)=O. The van der Waals surface area contributed by atoms with E-state index in [2.05, 4.69) is 0 Å². The third-order valence-electron chi connectivity index (χ3n) is 1.94. The van der Waals surface area contributed by atoms with Gasteiger partial charge in [0, 0.05) is 0 Å². The summed E-state index contributed by atoms with van der Waals surface area (Å²) in [5.41, 5.74) is 4.47. The molecule has 0 bridgehead atoms. The quantitative estimate of drug-likeness (QED) is 0.522. The molecule has 0 amide bonds. The molecule has 0 aliphatic heterocycles. The molecule has 4 N–H and O–H groups in total. The number of aliphatic hydroxyl groups excluding tert-OH is 2. The van der Waals surface area contributed by atoms with Gasteiger partial charge in [-0.15, -0.1) is 0 Å². The third-order valence-corrected chi connectivity index (χ3v) is 1.94. The lowest BCUT2D eigenvalue weighted by Gasteiger charge is -2.30. The van der Waals surface area contributed by atoms with E-state index < -0.39 is 17.4 Å². The van der Waals surface area contributed by atoms with Crippen LogP contribution in [0.2, 0.25) is 0 Å². The summed E-state index contributed by atoms with van der Waals surface area (Å²) in [4.78, 5) is 10.8. The topological polar surface area (TPSA) is 83.6 Å². The molecule has 72 valence electrons. The Morgan fingerprint density at radius 2 is 2.17 bits per heavy atom. The van der Waals surface area contributed by atoms with E-state index in [0.717, 1.165) is 6.42 Å². The molecular weight excluding hydrogens is 158 g/mol. The minimum Gasteiger partial charge on any atom is -0.394 e. The summed E-state index contributed by atoms with van der Waals surface area (Å²) in [7, 11) is 0. The minimum atomic E-state index is -1.26. The third kappa shape index (κ3) is 2.55. The van der Waals surface area contributed by atoms with E-state index in [0.29, 0.717) is 6.42 Å². The van der Waals surface area contributed by atoms with Crippen molar-refractivity contribution >= 4 is 5.78 Å². The van der Waals surface area contributed by atoms with Crippen molar-refractivity contribution in [3.8, 4) is 0 Å². The fourth-order valence-corrected chi connectivity index (χ4v) is 1.17. The largest absolute Gasteiger partial charge is 0.394 e. The van der Waals surface area contributed by atoms with E-state index in [-0.39, 0.29) is 6.61 Å². The lowest BCUT2D eigenvalue weighted by molar-refractivity contribution is -0.129. The van der Waals surface area contributed by atoms with Gasteiger partial charge >= 0.3 is 0 Å². The van der Waals surface area contributed by atoms with Crippen LogP contribution in [-0.4, -0.2) is 34.2 Å². The average Bonchev–Trinajstić information content (AvgIpc) is 2.03. The minimum absolute atomic E-state index is 0.373. The van der Waals surface area contributed by atoms with E-state index in [1.54, 1.807) is 0 Å². The highest BCUT2D eigenvalue weighted by Gasteiger charge is 2.35. The molecule has 0 aromatic rings. The maximum absolute atomic E-state index is 10.8. The van der Waals surface area contributed by atoms with Crippen LogP contribution in [0.1, 0.15) is 26.7 Å². The highest BCUT2D eigenvalue weighted by molar-refractivity contribution is 5.81. The molecule has 0 aromatic carbocycles. The summed E-state index contributed by atoms with van der Waals surface area (Å²) in [5, 5.41) is 18.2. The van der Waals surface area contributed by atoms with Crippen molar-refractivity contribution in [3.63, 3.8) is 0 Å². The molecule has 0 heterocycles. The van der Waals surface area contributed by atoms with Crippen LogP contribution < -0.4 is 5.73 Å². The summed E-state index contributed by atoms with van der Waals surface area (Å²) >= 11 is 0. The zero-order valence-electron chi connectivity index (χ0n) is 7.58. The lowest BCUT2D eigenvalue weighted by Crippen LogP contribution is -2.56. The monoisotopic (exact) mass is 175 g/mol. The maximum Gasteiger partial charge on any atom is 0.160 e. The number of rotatable bonds is 5. The molecule has 0 aromatic heterocycles. The molecule has 0 aliphatic carbocycles. The van der Waals surface area contributed by atoms with Gasteiger partial charge in [0.2, 0.25) is 0 Å². The van der Waals surface area contributed by atoms with Crippen LogP contribution in [0.15, 0.2) is 0 Å². The molecule has 0 rings (SSSR count). The Morgan fingerprint density at radius 3 is 2.42 bits per heavy atom. The zero-order valence-corrected chi connectivity index (χ0v) is 7.58. The first kappa shape index (κ1) is 11.6. The van der Waals surface area contributed by atoms with E-state index in [9.17, 15) is 9.90 Å². The summed E-state index contributed by atoms with van der Waals surface area (Å²) < 4.78 is 0. The normalized spacial score (nSPS) is 18.4. The van der Waals surface area contributed by atoms with E-state index >= 15 is 0 Å². The van der Waals surface area contributed by atoms with Gasteiger partial charge in [-0.05, 0) is 13.3 Å². The number of carbonyl (C=O) groups excluding carboxylic acids is 1. The fraction of sp³-hybridized carbons (Fsp3) is 0.875. The van der Waals surface area contributed by atoms with Crippen molar-refractivity contribution in [2.75, 3.05) is 6.61 Å². The standard InChI is InChI=1S/C8H17NO3/c1-3-4-8(9,5-10)7(12)6(2)11/h7,10,12H,3-5,9H2,1-2H3/t7-,8+/m0/s1. The van der Waals surface area contributed by atoms with Crippen LogP contribution >= 0.6 is 0 Å². The van der Waals surface area contributed by atoms with Crippen LogP contribution in [0.5, 0.6) is 0 Å². The smallest absolute Gasteiger partial charge is 0.160 e. The molecule has 0 unspecified atom stereocenters. The van der Waals surface area contributed by atoms with Gasteiger partial charge in [0.25, 0.3) is 0 Å². The molecule has 4 heteroatoms. The molecule has 0 spiro atoms. The highest BCUT2D eigenvalue weighted by Crippen LogP contribution is 2.14. The first-order valence-corrected chi connectivity index (χ1v) is 4.06. The van der Waals surface area contributed by atoms with Crippen LogP contribution in [0.3, 0.4) is 0 Å². The van der Waals surface area contributed by atoms with E-state index in [1.807, 2.05) is 6.92 Å². The Bertz CT molecular complexity index is 160. The van der Waals surface area contributed by atoms with E-state index in [4.69, 9.17) is 10.8 Å². The predicted octanol–water partition coefficient (Wildman–Crippen LogP) is -0.574. The molecule has 0 saturated heterocycles. The Labute approximate surface area is 72.4 Å². The number of carbonyl (C=O) groups is 1. The van der Waals surface area contributed by atoms with E-state index in [1.165, 1.54) is 6.92 Å². The van der Waals surface area contributed by atoms with Gasteiger partial charge in [0.15, 0.2) is 5.78 Å². The average molecular weight is 175 g/mol. The van der Waals surface area contributed by atoms with Gasteiger partial charge in [0.05, 0.1) is 12.1 Å². The Balaban J connectivity index is 4.38. The molecule has 0 fully saturated rings. The summed E-state index contributed by atoms with van der Waals surface area (Å²) in [5.74, 6) is -0.403. The van der Waals surface area contributed by atoms with Gasteiger partial charge < -0.3 is 15.9 Å². The highest BCUT2D eigenvalue weighted by atomic mass is 16.3. The lowest BCUT2D eigenvalue weighted by atomic mass is 9.87. The van der Waals surface area contributed by atoms with Crippen molar-refractivity contribution in [1.29, 1.82) is 0 Å². The number of Topliss-reactive ketones (excluding diaryl/α,β-unsaturated/α-hetero) is 1. The number of nitrogens with two attached hydrogens (primary N) is 1. The van der Waals surface area contributed by atoms with Crippen LogP contribution in [0.4, 0.5) is 0 Å². The molecule has 0 radical (unpaired) electrons. The van der Waals surface area contributed by atoms with Crippen molar-refractivity contribution < 1.29 is 15.0 Å². The summed E-state index contributed by atoms with van der Waals surface area (Å²) in [6.45, 7) is 2.77. The number of ketones is 1. The second-order valence-corrected chi connectivity index (χ2v) is 3.15. The Morgan fingerprint density at radius 1 is 1.67 bits per heavy atom. The van der Waals surface area contributed by atoms with Gasteiger partial charge in [-0.1, -0.05) is 13.3 Å². The van der Waals surface area contributed by atoms with Gasteiger partial charge in [-0.2, -0.15) is 0 Å². The Hall–Kier alpha value is -0.450. The van der Waals surface area contributed by atoms with Crippen LogP contribution in [0.25, 0.3) is 0 Å². The van der Waals surface area contributed by atoms with Crippen LogP contribution in [0, 0.1) is 0 Å². The van der Waals surface area contributed by atoms with Crippen molar-refractivity contribution in [2.24, 2.45) is 5.73 Å². The maximum atomic E-state index is 10.8. The second-order valence-electron chi connectivity index (χ2n) is 3.15. The molecule has 0 saturated carbocycles. The number of aliphatic hydroxyl groups is 2. The molecule has 2 atom stereocenters. The summed E-state index contributed by atoms with van der Waals surface area (Å²) in [6.07, 6.45) is -0.103. The molecule has 0 aliphatic rings. The number of hydrogen-bond acceptors (Lipinski definition) is 4. The van der Waals surface area contributed by atoms with Crippen LogP contribution in [-0.2, 0) is 4.79 Å². The summed E-state index contributed by atoms with van der Waals surface area (Å²) in [6, 6.07) is 0. The first-order valence-electron chi connectivity index (χ1n) is 4.06. The van der Waals surface area contributed by atoms with Crippen molar-refractivity contribution in [3.05, 3.63) is 0 Å². The molecule has 4 nitrogen and oxygen atoms in total.